The van der Waals surface area contributed by atoms with Crippen molar-refractivity contribution in [1.29, 1.82) is 0 Å². The number of carboxylic acids is 1. The molecule has 0 bridgehead atoms. The zero-order valence-electron chi connectivity index (χ0n) is 13.2. The maximum atomic E-state index is 11.0. The van der Waals surface area contributed by atoms with Crippen molar-refractivity contribution < 1.29 is 14.6 Å². The number of rotatable bonds is 6. The molecule has 0 saturated heterocycles. The second-order valence-corrected chi connectivity index (χ2v) is 7.17. The maximum absolute atomic E-state index is 11.0. The Morgan fingerprint density at radius 2 is 1.85 bits per heavy atom. The lowest BCUT2D eigenvalue weighted by Gasteiger charge is -2.29. The summed E-state index contributed by atoms with van der Waals surface area (Å²) in [6.45, 7) is 6.66. The molecule has 0 aromatic heterocycles. The van der Waals surface area contributed by atoms with Crippen LogP contribution in [0.4, 0.5) is 0 Å². The average molecular weight is 282 g/mol. The Kier molecular flexibility index (Phi) is 5.48. The van der Waals surface area contributed by atoms with Crippen molar-refractivity contribution in [2.75, 3.05) is 6.61 Å². The van der Waals surface area contributed by atoms with E-state index in [0.717, 1.165) is 11.8 Å². The van der Waals surface area contributed by atoms with E-state index in [1.165, 1.54) is 38.5 Å². The SMILES string of the molecule is CC(COC1C(C)CCC1C1CCCC1)C(C)C(=O)O. The molecule has 3 nitrogen and oxygen atoms in total. The van der Waals surface area contributed by atoms with E-state index in [4.69, 9.17) is 9.84 Å². The van der Waals surface area contributed by atoms with E-state index in [9.17, 15) is 4.79 Å². The molecule has 2 rings (SSSR count). The van der Waals surface area contributed by atoms with Crippen LogP contribution in [0.25, 0.3) is 0 Å². The van der Waals surface area contributed by atoms with Gasteiger partial charge in [-0.05, 0) is 36.5 Å². The highest BCUT2D eigenvalue weighted by molar-refractivity contribution is 5.69. The molecule has 2 saturated carbocycles. The van der Waals surface area contributed by atoms with Gasteiger partial charge in [0.25, 0.3) is 0 Å². The van der Waals surface area contributed by atoms with E-state index < -0.39 is 5.97 Å². The molecule has 5 atom stereocenters. The molecule has 0 aromatic rings. The zero-order valence-corrected chi connectivity index (χ0v) is 13.2. The van der Waals surface area contributed by atoms with Crippen LogP contribution in [0.3, 0.4) is 0 Å². The first kappa shape index (κ1) is 15.8. The van der Waals surface area contributed by atoms with Crippen molar-refractivity contribution >= 4 is 5.97 Å². The van der Waals surface area contributed by atoms with Gasteiger partial charge in [0, 0.05) is 0 Å². The highest BCUT2D eigenvalue weighted by Gasteiger charge is 2.40. The molecular weight excluding hydrogens is 252 g/mol. The molecule has 0 aromatic carbocycles. The zero-order chi connectivity index (χ0) is 14.7. The first-order valence-electron chi connectivity index (χ1n) is 8.35. The van der Waals surface area contributed by atoms with Gasteiger partial charge in [0.05, 0.1) is 18.6 Å². The van der Waals surface area contributed by atoms with E-state index in [-0.39, 0.29) is 11.8 Å². The molecule has 0 spiro atoms. The summed E-state index contributed by atoms with van der Waals surface area (Å²) in [5.41, 5.74) is 0. The standard InChI is InChI=1S/C17H30O3/c1-11-8-9-15(14-6-4-5-7-14)16(11)20-10-12(2)13(3)17(18)19/h11-16H,4-10H2,1-3H3,(H,18,19). The summed E-state index contributed by atoms with van der Waals surface area (Å²) in [4.78, 5) is 11.0. The monoisotopic (exact) mass is 282 g/mol. The third-order valence-electron chi connectivity index (χ3n) is 5.74. The summed E-state index contributed by atoms with van der Waals surface area (Å²) in [6.07, 6.45) is 8.45. The van der Waals surface area contributed by atoms with Crippen LogP contribution < -0.4 is 0 Å². The van der Waals surface area contributed by atoms with Crippen molar-refractivity contribution in [1.82, 2.24) is 0 Å². The van der Waals surface area contributed by atoms with E-state index in [1.807, 2.05) is 6.92 Å². The number of hydrogen-bond donors (Lipinski definition) is 1. The lowest BCUT2D eigenvalue weighted by molar-refractivity contribution is -0.144. The number of carboxylic acid groups (broad SMARTS) is 1. The summed E-state index contributed by atoms with van der Waals surface area (Å²) in [7, 11) is 0. The van der Waals surface area contributed by atoms with Crippen molar-refractivity contribution in [3.8, 4) is 0 Å². The highest BCUT2D eigenvalue weighted by atomic mass is 16.5. The van der Waals surface area contributed by atoms with Gasteiger partial charge in [-0.15, -0.1) is 0 Å². The number of ether oxygens (including phenoxy) is 1. The maximum Gasteiger partial charge on any atom is 0.306 e. The van der Waals surface area contributed by atoms with Crippen LogP contribution in [0, 0.1) is 29.6 Å². The first-order valence-corrected chi connectivity index (χ1v) is 8.35. The number of carbonyl (C=O) groups is 1. The fraction of sp³-hybridized carbons (Fsp3) is 0.941. The Hall–Kier alpha value is -0.570. The third kappa shape index (κ3) is 3.55. The van der Waals surface area contributed by atoms with Crippen LogP contribution in [0.15, 0.2) is 0 Å². The van der Waals surface area contributed by atoms with Gasteiger partial charge in [-0.25, -0.2) is 0 Å². The van der Waals surface area contributed by atoms with Crippen LogP contribution in [0.2, 0.25) is 0 Å². The Labute approximate surface area is 123 Å². The second kappa shape index (κ2) is 6.93. The fourth-order valence-electron chi connectivity index (χ4n) is 4.03. The van der Waals surface area contributed by atoms with Crippen LogP contribution >= 0.6 is 0 Å². The van der Waals surface area contributed by atoms with Gasteiger partial charge in [0.15, 0.2) is 0 Å². The van der Waals surface area contributed by atoms with Gasteiger partial charge in [-0.2, -0.15) is 0 Å². The summed E-state index contributed by atoms with van der Waals surface area (Å²) in [5.74, 6) is 1.26. The fourth-order valence-corrected chi connectivity index (χ4v) is 4.03. The molecule has 5 unspecified atom stereocenters. The van der Waals surface area contributed by atoms with Gasteiger partial charge >= 0.3 is 5.97 Å². The van der Waals surface area contributed by atoms with Gasteiger partial charge < -0.3 is 9.84 Å². The number of hydrogen-bond acceptors (Lipinski definition) is 2. The molecular formula is C17H30O3. The smallest absolute Gasteiger partial charge is 0.306 e. The largest absolute Gasteiger partial charge is 0.481 e. The highest BCUT2D eigenvalue weighted by Crippen LogP contribution is 2.44. The molecule has 2 aliphatic carbocycles. The predicted octanol–water partition coefficient (Wildman–Crippen LogP) is 3.96. The minimum atomic E-state index is -0.715. The van der Waals surface area contributed by atoms with Crippen molar-refractivity contribution in [3.63, 3.8) is 0 Å². The average Bonchev–Trinajstić information content (AvgIpc) is 3.04. The summed E-state index contributed by atoms with van der Waals surface area (Å²) in [5, 5.41) is 9.07. The molecule has 0 radical (unpaired) electrons. The lowest BCUT2D eigenvalue weighted by Crippen LogP contribution is -2.32. The van der Waals surface area contributed by atoms with Gasteiger partial charge in [-0.1, -0.05) is 46.5 Å². The van der Waals surface area contributed by atoms with Gasteiger partial charge in [0.1, 0.15) is 0 Å². The molecule has 0 aliphatic heterocycles. The van der Waals surface area contributed by atoms with E-state index in [1.54, 1.807) is 6.92 Å². The second-order valence-electron chi connectivity index (χ2n) is 7.17. The van der Waals surface area contributed by atoms with Gasteiger partial charge in [-0.3, -0.25) is 4.79 Å². The van der Waals surface area contributed by atoms with Crippen LogP contribution in [0.1, 0.15) is 59.3 Å². The quantitative estimate of drug-likeness (QED) is 0.802. The normalized spacial score (nSPS) is 34.2. The van der Waals surface area contributed by atoms with Crippen LogP contribution in [-0.2, 0) is 9.53 Å². The Morgan fingerprint density at radius 1 is 1.20 bits per heavy atom. The van der Waals surface area contributed by atoms with E-state index >= 15 is 0 Å². The van der Waals surface area contributed by atoms with Crippen LogP contribution in [-0.4, -0.2) is 23.8 Å². The molecule has 116 valence electrons. The first-order chi connectivity index (χ1) is 9.50. The Morgan fingerprint density at radius 3 is 2.45 bits per heavy atom. The summed E-state index contributed by atoms with van der Waals surface area (Å²) < 4.78 is 6.21. The molecule has 20 heavy (non-hydrogen) atoms. The molecule has 2 aliphatic rings. The minimum absolute atomic E-state index is 0.0875. The summed E-state index contributed by atoms with van der Waals surface area (Å²) >= 11 is 0. The third-order valence-corrected chi connectivity index (χ3v) is 5.74. The topological polar surface area (TPSA) is 46.5 Å². The molecule has 0 amide bonds. The van der Waals surface area contributed by atoms with E-state index in [0.29, 0.717) is 18.6 Å². The molecule has 2 fully saturated rings. The van der Waals surface area contributed by atoms with Crippen molar-refractivity contribution in [3.05, 3.63) is 0 Å². The number of aliphatic carboxylic acids is 1. The molecule has 1 N–H and O–H groups in total. The van der Waals surface area contributed by atoms with Crippen LogP contribution in [0.5, 0.6) is 0 Å². The Balaban J connectivity index is 1.87. The minimum Gasteiger partial charge on any atom is -0.481 e. The molecule has 0 heterocycles. The molecule has 3 heteroatoms. The van der Waals surface area contributed by atoms with Gasteiger partial charge in [0.2, 0.25) is 0 Å². The predicted molar refractivity (Wildman–Crippen MR) is 79.5 cm³/mol. The Bertz CT molecular complexity index is 322. The van der Waals surface area contributed by atoms with Crippen molar-refractivity contribution in [2.24, 2.45) is 29.6 Å². The van der Waals surface area contributed by atoms with Crippen molar-refractivity contribution in [2.45, 2.75) is 65.4 Å². The lowest BCUT2D eigenvalue weighted by atomic mass is 9.86. The summed E-state index contributed by atoms with van der Waals surface area (Å²) in [6, 6.07) is 0. The van der Waals surface area contributed by atoms with E-state index in [2.05, 4.69) is 6.92 Å².